The first-order chi connectivity index (χ1) is 11.6. The minimum atomic E-state index is -0.582. The van der Waals surface area contributed by atoms with E-state index in [4.69, 9.17) is 4.74 Å². The molecule has 0 heterocycles. The van der Waals surface area contributed by atoms with Crippen LogP contribution in [-0.4, -0.2) is 23.3 Å². The number of ether oxygens (including phenoxy) is 1. The van der Waals surface area contributed by atoms with Gasteiger partial charge in [-0.3, -0.25) is 30.6 Å². The van der Waals surface area contributed by atoms with Crippen LogP contribution < -0.4 is 10.9 Å². The van der Waals surface area contributed by atoms with Crippen LogP contribution in [-0.2, 0) is 16.1 Å². The van der Waals surface area contributed by atoms with Gasteiger partial charge in [0.1, 0.15) is 6.61 Å². The van der Waals surface area contributed by atoms with Crippen LogP contribution in [0.15, 0.2) is 54.6 Å². The van der Waals surface area contributed by atoms with Gasteiger partial charge in [0.2, 0.25) is 0 Å². The van der Waals surface area contributed by atoms with Crippen LogP contribution in [0.2, 0.25) is 0 Å². The van der Waals surface area contributed by atoms with Crippen LogP contribution in [0.25, 0.3) is 0 Å². The minimum absolute atomic E-state index is 0.120. The SMILES string of the molecule is O=C(COCc1ccccc1)NNC(=O)c1ccc([N+](=O)[O-])cc1. The first-order valence-electron chi connectivity index (χ1n) is 7.01. The van der Waals surface area contributed by atoms with Gasteiger partial charge in [0.15, 0.2) is 0 Å². The number of hydrogen-bond donors (Lipinski definition) is 2. The fourth-order valence-corrected chi connectivity index (χ4v) is 1.81. The lowest BCUT2D eigenvalue weighted by atomic mass is 10.2. The van der Waals surface area contributed by atoms with E-state index in [1.807, 2.05) is 30.3 Å². The number of nitrogens with one attached hydrogen (secondary N) is 2. The van der Waals surface area contributed by atoms with Crippen molar-refractivity contribution in [3.8, 4) is 0 Å². The summed E-state index contributed by atoms with van der Waals surface area (Å²) in [6.45, 7) is 0.0694. The van der Waals surface area contributed by atoms with Crippen molar-refractivity contribution in [2.24, 2.45) is 0 Å². The standard InChI is InChI=1S/C16H15N3O5/c20-15(11-24-10-12-4-2-1-3-5-12)17-18-16(21)13-6-8-14(9-7-13)19(22)23/h1-9H,10-11H2,(H,17,20)(H,18,21). The third kappa shape index (κ3) is 5.18. The van der Waals surface area contributed by atoms with Crippen molar-refractivity contribution in [3.05, 3.63) is 75.8 Å². The molecular formula is C16H15N3O5. The lowest BCUT2D eigenvalue weighted by molar-refractivity contribution is -0.384. The highest BCUT2D eigenvalue weighted by Crippen LogP contribution is 2.11. The molecule has 24 heavy (non-hydrogen) atoms. The molecule has 0 radical (unpaired) electrons. The van der Waals surface area contributed by atoms with E-state index in [9.17, 15) is 19.7 Å². The van der Waals surface area contributed by atoms with Gasteiger partial charge in [0, 0.05) is 17.7 Å². The summed E-state index contributed by atoms with van der Waals surface area (Å²) in [5.74, 6) is -1.09. The normalized spacial score (nSPS) is 10.0. The second kappa shape index (κ2) is 8.39. The van der Waals surface area contributed by atoms with E-state index < -0.39 is 16.7 Å². The van der Waals surface area contributed by atoms with Gasteiger partial charge >= 0.3 is 0 Å². The van der Waals surface area contributed by atoms with Gasteiger partial charge in [-0.25, -0.2) is 0 Å². The van der Waals surface area contributed by atoms with Gasteiger partial charge in [-0.2, -0.15) is 0 Å². The molecule has 2 aromatic rings. The molecule has 2 amide bonds. The number of hydrogen-bond acceptors (Lipinski definition) is 5. The monoisotopic (exact) mass is 329 g/mol. The highest BCUT2D eigenvalue weighted by atomic mass is 16.6. The summed E-state index contributed by atoms with van der Waals surface area (Å²) < 4.78 is 5.22. The van der Waals surface area contributed by atoms with E-state index in [0.29, 0.717) is 0 Å². The predicted molar refractivity (Wildman–Crippen MR) is 84.8 cm³/mol. The van der Waals surface area contributed by atoms with E-state index >= 15 is 0 Å². The zero-order chi connectivity index (χ0) is 17.4. The molecule has 2 aromatic carbocycles. The summed E-state index contributed by atoms with van der Waals surface area (Å²) in [4.78, 5) is 33.3. The average Bonchev–Trinajstić information content (AvgIpc) is 2.60. The maximum absolute atomic E-state index is 11.8. The summed E-state index contributed by atoms with van der Waals surface area (Å²) >= 11 is 0. The first-order valence-corrected chi connectivity index (χ1v) is 7.01. The summed E-state index contributed by atoms with van der Waals surface area (Å²) in [5, 5.41) is 10.5. The Morgan fingerprint density at radius 1 is 1.00 bits per heavy atom. The number of amides is 2. The smallest absolute Gasteiger partial charge is 0.269 e. The minimum Gasteiger partial charge on any atom is -0.367 e. The molecule has 0 aliphatic rings. The number of carbonyl (C=O) groups is 2. The second-order valence-electron chi connectivity index (χ2n) is 4.78. The molecule has 0 unspecified atom stereocenters. The molecule has 124 valence electrons. The van der Waals surface area contributed by atoms with Crippen molar-refractivity contribution in [2.75, 3.05) is 6.61 Å². The van der Waals surface area contributed by atoms with Gasteiger partial charge in [-0.15, -0.1) is 0 Å². The van der Waals surface area contributed by atoms with Crippen molar-refractivity contribution in [3.63, 3.8) is 0 Å². The van der Waals surface area contributed by atoms with E-state index in [1.54, 1.807) is 0 Å². The second-order valence-corrected chi connectivity index (χ2v) is 4.78. The van der Waals surface area contributed by atoms with E-state index in [0.717, 1.165) is 5.56 Å². The maximum atomic E-state index is 11.8. The van der Waals surface area contributed by atoms with Crippen molar-refractivity contribution >= 4 is 17.5 Å². The first kappa shape index (κ1) is 17.1. The highest BCUT2D eigenvalue weighted by molar-refractivity contribution is 5.95. The lowest BCUT2D eigenvalue weighted by Crippen LogP contribution is -2.43. The van der Waals surface area contributed by atoms with Crippen molar-refractivity contribution < 1.29 is 19.2 Å². The molecule has 2 N–H and O–H groups in total. The van der Waals surface area contributed by atoms with Crippen LogP contribution in [0.1, 0.15) is 15.9 Å². The highest BCUT2D eigenvalue weighted by Gasteiger charge is 2.10. The van der Waals surface area contributed by atoms with Crippen molar-refractivity contribution in [1.29, 1.82) is 0 Å². The third-order valence-corrected chi connectivity index (χ3v) is 3.00. The maximum Gasteiger partial charge on any atom is 0.269 e. The molecule has 0 spiro atoms. The number of hydrazine groups is 1. The Kier molecular flexibility index (Phi) is 5.98. The lowest BCUT2D eigenvalue weighted by Gasteiger charge is -2.08. The number of nitro groups is 1. The quantitative estimate of drug-likeness (QED) is 0.617. The fraction of sp³-hybridized carbons (Fsp3) is 0.125. The molecule has 0 saturated heterocycles. The average molecular weight is 329 g/mol. The topological polar surface area (TPSA) is 111 Å². The van der Waals surface area contributed by atoms with Crippen LogP contribution in [0.4, 0.5) is 5.69 Å². The number of non-ortho nitro benzene ring substituents is 1. The Balaban J connectivity index is 1.72. The molecular weight excluding hydrogens is 314 g/mol. The molecule has 0 aliphatic carbocycles. The molecule has 0 atom stereocenters. The zero-order valence-electron chi connectivity index (χ0n) is 12.6. The van der Waals surface area contributed by atoms with Gasteiger partial charge in [0.25, 0.3) is 17.5 Å². The Labute approximate surface area is 137 Å². The Morgan fingerprint density at radius 3 is 2.29 bits per heavy atom. The molecule has 0 aliphatic heterocycles. The fourth-order valence-electron chi connectivity index (χ4n) is 1.81. The summed E-state index contributed by atoms with van der Waals surface area (Å²) in [6, 6.07) is 14.4. The largest absolute Gasteiger partial charge is 0.367 e. The Hall–Kier alpha value is -3.26. The van der Waals surface area contributed by atoms with Crippen molar-refractivity contribution in [2.45, 2.75) is 6.61 Å². The van der Waals surface area contributed by atoms with Gasteiger partial charge < -0.3 is 4.74 Å². The van der Waals surface area contributed by atoms with Gasteiger partial charge in [-0.05, 0) is 17.7 Å². The number of benzene rings is 2. The third-order valence-electron chi connectivity index (χ3n) is 3.00. The number of carbonyl (C=O) groups excluding carboxylic acids is 2. The number of nitro benzene ring substituents is 1. The molecule has 0 aromatic heterocycles. The Morgan fingerprint density at radius 2 is 1.67 bits per heavy atom. The van der Waals surface area contributed by atoms with Crippen LogP contribution in [0.5, 0.6) is 0 Å². The zero-order valence-corrected chi connectivity index (χ0v) is 12.6. The molecule has 8 heteroatoms. The molecule has 0 saturated carbocycles. The van der Waals surface area contributed by atoms with Crippen LogP contribution >= 0.6 is 0 Å². The summed E-state index contributed by atoms with van der Waals surface area (Å²) in [7, 11) is 0. The predicted octanol–water partition coefficient (Wildman–Crippen LogP) is 1.57. The van der Waals surface area contributed by atoms with E-state index in [2.05, 4.69) is 10.9 Å². The van der Waals surface area contributed by atoms with Crippen LogP contribution in [0.3, 0.4) is 0 Å². The Bertz CT molecular complexity index is 716. The molecule has 0 fully saturated rings. The number of nitrogens with zero attached hydrogens (tertiary/aromatic N) is 1. The molecule has 8 nitrogen and oxygen atoms in total. The summed E-state index contributed by atoms with van der Waals surface area (Å²) in [5.41, 5.74) is 5.41. The number of rotatable bonds is 6. The van der Waals surface area contributed by atoms with Gasteiger partial charge in [0.05, 0.1) is 11.5 Å². The summed E-state index contributed by atoms with van der Waals surface area (Å²) in [6.07, 6.45) is 0. The molecule has 2 rings (SSSR count). The van der Waals surface area contributed by atoms with E-state index in [1.165, 1.54) is 24.3 Å². The van der Waals surface area contributed by atoms with Gasteiger partial charge in [-0.1, -0.05) is 30.3 Å². The van der Waals surface area contributed by atoms with Crippen LogP contribution in [0, 0.1) is 10.1 Å². The molecule has 0 bridgehead atoms. The van der Waals surface area contributed by atoms with E-state index in [-0.39, 0.29) is 24.5 Å². The van der Waals surface area contributed by atoms with Crippen molar-refractivity contribution in [1.82, 2.24) is 10.9 Å².